The zero-order chi connectivity index (χ0) is 10.6. The van der Waals surface area contributed by atoms with Crippen molar-refractivity contribution < 1.29 is 4.79 Å². The maximum atomic E-state index is 10.5. The van der Waals surface area contributed by atoms with Gasteiger partial charge in [0.1, 0.15) is 11.1 Å². The Bertz CT molecular complexity index is 401. The van der Waals surface area contributed by atoms with Gasteiger partial charge in [-0.05, 0) is 6.07 Å². The van der Waals surface area contributed by atoms with Crippen molar-refractivity contribution in [2.45, 2.75) is 0 Å². The first kappa shape index (κ1) is 10.4. The summed E-state index contributed by atoms with van der Waals surface area (Å²) in [6.45, 7) is 0. The monoisotopic (exact) mass is 207 g/mol. The van der Waals surface area contributed by atoms with E-state index >= 15 is 0 Å². The van der Waals surface area contributed by atoms with Crippen LogP contribution in [0.1, 0.15) is 15.2 Å². The van der Waals surface area contributed by atoms with Gasteiger partial charge in [0, 0.05) is 14.1 Å². The molecule has 1 heterocycles. The highest BCUT2D eigenvalue weighted by molar-refractivity contribution is 7.17. The van der Waals surface area contributed by atoms with E-state index in [2.05, 4.69) is 4.99 Å². The fraction of sp³-hybridized carbons (Fsp3) is 0.222. The number of aldehydes is 1. The van der Waals surface area contributed by atoms with Gasteiger partial charge in [-0.2, -0.15) is 5.26 Å². The number of carbonyl (C=O) groups excluding carboxylic acids is 1. The fourth-order valence-electron chi connectivity index (χ4n) is 0.803. The molecule has 4 nitrogen and oxygen atoms in total. The predicted molar refractivity (Wildman–Crippen MR) is 56.3 cm³/mol. The second kappa shape index (κ2) is 4.53. The number of aliphatic imine (C=N–C) groups is 1. The van der Waals surface area contributed by atoms with E-state index in [-0.39, 0.29) is 0 Å². The van der Waals surface area contributed by atoms with E-state index in [0.717, 1.165) is 0 Å². The molecular formula is C9H9N3OS. The minimum atomic E-state index is 0.385. The molecule has 0 saturated heterocycles. The Hall–Kier alpha value is -1.67. The van der Waals surface area contributed by atoms with Gasteiger partial charge >= 0.3 is 0 Å². The van der Waals surface area contributed by atoms with E-state index < -0.39 is 0 Å². The third-order valence-electron chi connectivity index (χ3n) is 1.39. The average molecular weight is 207 g/mol. The van der Waals surface area contributed by atoms with Crippen LogP contribution >= 0.6 is 11.3 Å². The maximum Gasteiger partial charge on any atom is 0.161 e. The predicted octanol–water partition coefficient (Wildman–Crippen LogP) is 1.65. The molecule has 0 aromatic carbocycles. The summed E-state index contributed by atoms with van der Waals surface area (Å²) in [7, 11) is 3.70. The van der Waals surface area contributed by atoms with Crippen molar-refractivity contribution in [3.63, 3.8) is 0 Å². The van der Waals surface area contributed by atoms with Crippen LogP contribution in [0.3, 0.4) is 0 Å². The quantitative estimate of drug-likeness (QED) is 0.430. The molecule has 0 fully saturated rings. The van der Waals surface area contributed by atoms with Crippen LogP contribution in [0, 0.1) is 11.3 Å². The standard InChI is InChI=1S/C9H9N3OS/c1-12(2)6-11-9-3-7(4-10)8(5-13)14-9/h3,5-6H,1-2H3. The van der Waals surface area contributed by atoms with Gasteiger partial charge in [-0.15, -0.1) is 11.3 Å². The van der Waals surface area contributed by atoms with Gasteiger partial charge in [0.15, 0.2) is 6.29 Å². The van der Waals surface area contributed by atoms with Crippen molar-refractivity contribution in [1.29, 1.82) is 5.26 Å². The van der Waals surface area contributed by atoms with Gasteiger partial charge in [0.25, 0.3) is 0 Å². The van der Waals surface area contributed by atoms with Crippen LogP contribution in [0.2, 0.25) is 0 Å². The fourth-order valence-corrected chi connectivity index (χ4v) is 1.57. The van der Waals surface area contributed by atoms with Gasteiger partial charge in [-0.1, -0.05) is 0 Å². The number of hydrogen-bond donors (Lipinski definition) is 0. The normalized spacial score (nSPS) is 10.1. The van der Waals surface area contributed by atoms with Crippen molar-refractivity contribution in [2.24, 2.45) is 4.99 Å². The largest absolute Gasteiger partial charge is 0.369 e. The molecule has 1 aromatic rings. The molecule has 0 saturated carbocycles. The lowest BCUT2D eigenvalue weighted by Gasteiger charge is -2.00. The third kappa shape index (κ3) is 2.41. The van der Waals surface area contributed by atoms with Gasteiger partial charge in [-0.25, -0.2) is 4.99 Å². The van der Waals surface area contributed by atoms with Crippen LogP contribution in [-0.2, 0) is 0 Å². The van der Waals surface area contributed by atoms with E-state index in [0.29, 0.717) is 21.7 Å². The van der Waals surface area contributed by atoms with Crippen molar-refractivity contribution in [1.82, 2.24) is 4.90 Å². The molecule has 0 unspecified atom stereocenters. The molecule has 0 bridgehead atoms. The molecule has 0 atom stereocenters. The number of nitriles is 1. The molecule has 72 valence electrons. The Kier molecular flexibility index (Phi) is 3.37. The van der Waals surface area contributed by atoms with Gasteiger partial charge in [0.2, 0.25) is 0 Å². The summed E-state index contributed by atoms with van der Waals surface area (Å²) in [5.74, 6) is 0. The summed E-state index contributed by atoms with van der Waals surface area (Å²) >= 11 is 1.21. The van der Waals surface area contributed by atoms with E-state index in [9.17, 15) is 4.79 Å². The Labute approximate surface area is 86.1 Å². The van der Waals surface area contributed by atoms with Crippen LogP contribution in [0.5, 0.6) is 0 Å². The minimum Gasteiger partial charge on any atom is -0.369 e. The molecule has 0 N–H and O–H groups in total. The summed E-state index contributed by atoms with van der Waals surface area (Å²) in [5.41, 5.74) is 0.385. The number of hydrogen-bond acceptors (Lipinski definition) is 4. The number of thiophene rings is 1. The van der Waals surface area contributed by atoms with Crippen LogP contribution in [0.4, 0.5) is 5.00 Å². The molecule has 0 aliphatic heterocycles. The average Bonchev–Trinajstić information content (AvgIpc) is 2.57. The molecule has 1 aromatic heterocycles. The number of rotatable bonds is 3. The maximum absolute atomic E-state index is 10.5. The van der Waals surface area contributed by atoms with Crippen molar-refractivity contribution >= 4 is 29.0 Å². The first-order valence-electron chi connectivity index (χ1n) is 3.87. The first-order chi connectivity index (χ1) is 6.67. The van der Waals surface area contributed by atoms with Gasteiger partial charge < -0.3 is 4.90 Å². The molecule has 0 radical (unpaired) electrons. The van der Waals surface area contributed by atoms with Crippen LogP contribution in [0.15, 0.2) is 11.1 Å². The number of nitrogens with zero attached hydrogens (tertiary/aromatic N) is 3. The minimum absolute atomic E-state index is 0.385. The Morgan fingerprint density at radius 2 is 2.36 bits per heavy atom. The van der Waals surface area contributed by atoms with E-state index in [1.54, 1.807) is 17.3 Å². The lowest BCUT2D eigenvalue weighted by Crippen LogP contribution is -2.06. The van der Waals surface area contributed by atoms with Crippen molar-refractivity contribution in [3.8, 4) is 6.07 Å². The first-order valence-corrected chi connectivity index (χ1v) is 4.68. The highest BCUT2D eigenvalue weighted by atomic mass is 32.1. The smallest absolute Gasteiger partial charge is 0.161 e. The number of carbonyl (C=O) groups is 1. The van der Waals surface area contributed by atoms with Crippen molar-refractivity contribution in [3.05, 3.63) is 16.5 Å². The summed E-state index contributed by atoms with van der Waals surface area (Å²) in [4.78, 5) is 16.8. The topological polar surface area (TPSA) is 56.5 Å². The van der Waals surface area contributed by atoms with Crippen LogP contribution < -0.4 is 0 Å². The second-order valence-corrected chi connectivity index (χ2v) is 3.86. The summed E-state index contributed by atoms with van der Waals surface area (Å²) < 4.78 is 0. The summed E-state index contributed by atoms with van der Waals surface area (Å²) in [6, 6.07) is 3.55. The Morgan fingerprint density at radius 3 is 2.79 bits per heavy atom. The summed E-state index contributed by atoms with van der Waals surface area (Å²) in [6.07, 6.45) is 2.31. The van der Waals surface area contributed by atoms with E-state index in [1.165, 1.54) is 11.3 Å². The molecular weight excluding hydrogens is 198 g/mol. The Morgan fingerprint density at radius 1 is 1.64 bits per heavy atom. The van der Waals surface area contributed by atoms with E-state index in [1.807, 2.05) is 20.2 Å². The highest BCUT2D eigenvalue weighted by Gasteiger charge is 2.06. The zero-order valence-corrected chi connectivity index (χ0v) is 8.71. The molecule has 1 rings (SSSR count). The van der Waals surface area contributed by atoms with Gasteiger partial charge in [0.05, 0.1) is 16.8 Å². The zero-order valence-electron chi connectivity index (χ0n) is 7.89. The molecule has 0 aliphatic carbocycles. The Balaban J connectivity index is 2.97. The SMILES string of the molecule is CN(C)C=Nc1cc(C#N)c(C=O)s1. The lowest BCUT2D eigenvalue weighted by molar-refractivity contribution is 0.112. The third-order valence-corrected chi connectivity index (χ3v) is 2.36. The molecule has 0 amide bonds. The molecule has 0 aliphatic rings. The molecule has 0 spiro atoms. The van der Waals surface area contributed by atoms with Crippen LogP contribution in [0.25, 0.3) is 0 Å². The molecule has 5 heteroatoms. The lowest BCUT2D eigenvalue weighted by atomic mass is 10.3. The second-order valence-electron chi connectivity index (χ2n) is 2.80. The highest BCUT2D eigenvalue weighted by Crippen LogP contribution is 2.27. The van der Waals surface area contributed by atoms with E-state index in [4.69, 9.17) is 5.26 Å². The van der Waals surface area contributed by atoms with Gasteiger partial charge in [-0.3, -0.25) is 4.79 Å². The van der Waals surface area contributed by atoms with Crippen LogP contribution in [-0.4, -0.2) is 31.6 Å². The summed E-state index contributed by atoms with van der Waals surface area (Å²) in [5, 5.41) is 9.34. The van der Waals surface area contributed by atoms with Crippen molar-refractivity contribution in [2.75, 3.05) is 14.1 Å². The molecule has 14 heavy (non-hydrogen) atoms.